The minimum atomic E-state index is -4.33. The van der Waals surface area contributed by atoms with E-state index in [1.54, 1.807) is 0 Å². The maximum Gasteiger partial charge on any atom is 0.416 e. The summed E-state index contributed by atoms with van der Waals surface area (Å²) in [5.41, 5.74) is 2.36. The minimum Gasteiger partial charge on any atom is -0.382 e. The third-order valence-electron chi connectivity index (χ3n) is 3.67. The average molecular weight is 330 g/mol. The first kappa shape index (κ1) is 16.3. The summed E-state index contributed by atoms with van der Waals surface area (Å²) < 4.78 is 38.1. The Morgan fingerprint density at radius 2 is 1.62 bits per heavy atom. The predicted molar refractivity (Wildman–Crippen MR) is 90.9 cm³/mol. The van der Waals surface area contributed by atoms with Gasteiger partial charge in [0.15, 0.2) is 0 Å². The molecule has 2 aromatic carbocycles. The van der Waals surface area contributed by atoms with Gasteiger partial charge in [-0.1, -0.05) is 30.3 Å². The van der Waals surface area contributed by atoms with Gasteiger partial charge in [-0.3, -0.25) is 0 Å². The molecule has 1 N–H and O–H groups in total. The molecule has 24 heavy (non-hydrogen) atoms. The lowest BCUT2D eigenvalue weighted by Gasteiger charge is -2.15. The first-order valence-electron chi connectivity index (χ1n) is 7.68. The number of halogens is 3. The molecule has 1 heterocycles. The van der Waals surface area contributed by atoms with Crippen molar-refractivity contribution in [2.75, 3.05) is 5.32 Å². The predicted octanol–water partition coefficient (Wildman–Crippen LogP) is 5.74. The topological polar surface area (TPSA) is 24.9 Å². The SMILES string of the molecule is CC(C)Nc1cc(-c2ccc(C(F)(F)F)cc2)nc2ccccc12. The maximum atomic E-state index is 12.7. The Morgan fingerprint density at radius 3 is 2.25 bits per heavy atom. The maximum absolute atomic E-state index is 12.7. The first-order valence-corrected chi connectivity index (χ1v) is 7.68. The molecule has 0 amide bonds. The Morgan fingerprint density at radius 1 is 0.958 bits per heavy atom. The Kier molecular flexibility index (Phi) is 4.18. The van der Waals surface area contributed by atoms with Crippen molar-refractivity contribution >= 4 is 16.6 Å². The second-order valence-corrected chi connectivity index (χ2v) is 5.95. The van der Waals surface area contributed by atoms with E-state index in [1.165, 1.54) is 12.1 Å². The number of nitrogens with zero attached hydrogens (tertiary/aromatic N) is 1. The number of benzene rings is 2. The molecular formula is C19H17F3N2. The normalized spacial score (nSPS) is 11.9. The summed E-state index contributed by atoms with van der Waals surface area (Å²) in [5.74, 6) is 0. The van der Waals surface area contributed by atoms with Crippen LogP contribution in [0.5, 0.6) is 0 Å². The van der Waals surface area contributed by atoms with Crippen LogP contribution in [-0.2, 0) is 6.18 Å². The van der Waals surface area contributed by atoms with Crippen molar-refractivity contribution < 1.29 is 13.2 Å². The van der Waals surface area contributed by atoms with Crippen molar-refractivity contribution in [2.45, 2.75) is 26.1 Å². The fourth-order valence-electron chi connectivity index (χ4n) is 2.58. The van der Waals surface area contributed by atoms with Crippen LogP contribution in [0.2, 0.25) is 0 Å². The smallest absolute Gasteiger partial charge is 0.382 e. The highest BCUT2D eigenvalue weighted by atomic mass is 19.4. The van der Waals surface area contributed by atoms with Gasteiger partial charge in [0.25, 0.3) is 0 Å². The Hall–Kier alpha value is -2.56. The molecule has 0 fully saturated rings. The number of hydrogen-bond donors (Lipinski definition) is 1. The van der Waals surface area contributed by atoms with Crippen LogP contribution in [-0.4, -0.2) is 11.0 Å². The van der Waals surface area contributed by atoms with Crippen molar-refractivity contribution in [1.29, 1.82) is 0 Å². The molecule has 0 saturated carbocycles. The second kappa shape index (κ2) is 6.15. The van der Waals surface area contributed by atoms with E-state index in [0.29, 0.717) is 11.3 Å². The lowest BCUT2D eigenvalue weighted by atomic mass is 10.1. The number of nitrogens with one attached hydrogen (secondary N) is 1. The average Bonchev–Trinajstić information content (AvgIpc) is 2.53. The van der Waals surface area contributed by atoms with E-state index < -0.39 is 11.7 Å². The molecule has 0 aliphatic carbocycles. The van der Waals surface area contributed by atoms with Gasteiger partial charge in [0, 0.05) is 22.7 Å². The number of aromatic nitrogens is 1. The van der Waals surface area contributed by atoms with E-state index in [0.717, 1.165) is 28.7 Å². The molecule has 0 spiro atoms. The zero-order chi connectivity index (χ0) is 17.3. The number of alkyl halides is 3. The first-order chi connectivity index (χ1) is 11.3. The minimum absolute atomic E-state index is 0.233. The number of fused-ring (bicyclic) bond motifs is 1. The summed E-state index contributed by atoms with van der Waals surface area (Å²) in [6, 6.07) is 14.9. The number of rotatable bonds is 3. The number of para-hydroxylation sites is 1. The molecule has 0 unspecified atom stereocenters. The highest BCUT2D eigenvalue weighted by Crippen LogP contribution is 2.32. The van der Waals surface area contributed by atoms with Crippen molar-refractivity contribution in [1.82, 2.24) is 4.98 Å². The summed E-state index contributed by atoms with van der Waals surface area (Å²) in [6.07, 6.45) is -4.33. The molecule has 3 rings (SSSR count). The van der Waals surface area contributed by atoms with Gasteiger partial charge in [-0.2, -0.15) is 13.2 Å². The molecule has 1 aromatic heterocycles. The molecule has 3 aromatic rings. The van der Waals surface area contributed by atoms with E-state index in [2.05, 4.69) is 10.3 Å². The van der Waals surface area contributed by atoms with Gasteiger partial charge in [-0.05, 0) is 38.1 Å². The van der Waals surface area contributed by atoms with Gasteiger partial charge in [0.05, 0.1) is 16.8 Å². The van der Waals surface area contributed by atoms with E-state index in [9.17, 15) is 13.2 Å². The van der Waals surface area contributed by atoms with Gasteiger partial charge < -0.3 is 5.32 Å². The molecule has 0 aliphatic heterocycles. The Labute approximate surface area is 138 Å². The summed E-state index contributed by atoms with van der Waals surface area (Å²) in [7, 11) is 0. The van der Waals surface area contributed by atoms with Crippen LogP contribution in [0.3, 0.4) is 0 Å². The molecule has 0 saturated heterocycles. The van der Waals surface area contributed by atoms with E-state index in [-0.39, 0.29) is 6.04 Å². The molecule has 2 nitrogen and oxygen atoms in total. The summed E-state index contributed by atoms with van der Waals surface area (Å²) in [5, 5.41) is 4.36. The van der Waals surface area contributed by atoms with Gasteiger partial charge in [0.1, 0.15) is 0 Å². The zero-order valence-electron chi connectivity index (χ0n) is 13.4. The van der Waals surface area contributed by atoms with Gasteiger partial charge >= 0.3 is 6.18 Å². The molecular weight excluding hydrogens is 313 g/mol. The van der Waals surface area contributed by atoms with Crippen molar-refractivity contribution in [3.8, 4) is 11.3 Å². The fraction of sp³-hybridized carbons (Fsp3) is 0.211. The number of hydrogen-bond acceptors (Lipinski definition) is 2. The molecule has 0 atom stereocenters. The van der Waals surface area contributed by atoms with E-state index in [4.69, 9.17) is 0 Å². The van der Waals surface area contributed by atoms with Crippen LogP contribution in [0.1, 0.15) is 19.4 Å². The van der Waals surface area contributed by atoms with Crippen LogP contribution in [0.15, 0.2) is 54.6 Å². The van der Waals surface area contributed by atoms with Gasteiger partial charge in [-0.15, -0.1) is 0 Å². The number of pyridine rings is 1. The third-order valence-corrected chi connectivity index (χ3v) is 3.67. The summed E-state index contributed by atoms with van der Waals surface area (Å²) in [4.78, 5) is 4.58. The quantitative estimate of drug-likeness (QED) is 0.662. The Bertz CT molecular complexity index is 853. The largest absolute Gasteiger partial charge is 0.416 e. The highest BCUT2D eigenvalue weighted by molar-refractivity contribution is 5.93. The lowest BCUT2D eigenvalue weighted by Crippen LogP contribution is -2.10. The monoisotopic (exact) mass is 330 g/mol. The molecule has 124 valence electrons. The van der Waals surface area contributed by atoms with Crippen LogP contribution < -0.4 is 5.32 Å². The van der Waals surface area contributed by atoms with E-state index >= 15 is 0 Å². The molecule has 5 heteroatoms. The van der Waals surface area contributed by atoms with Crippen molar-refractivity contribution in [3.63, 3.8) is 0 Å². The molecule has 0 bridgehead atoms. The third kappa shape index (κ3) is 3.35. The number of anilines is 1. The fourth-order valence-corrected chi connectivity index (χ4v) is 2.58. The van der Waals surface area contributed by atoms with Gasteiger partial charge in [-0.25, -0.2) is 4.98 Å². The Balaban J connectivity index is 2.09. The van der Waals surface area contributed by atoms with Crippen molar-refractivity contribution in [3.05, 3.63) is 60.2 Å². The molecule has 0 radical (unpaired) electrons. The summed E-state index contributed by atoms with van der Waals surface area (Å²) in [6.45, 7) is 4.07. The van der Waals surface area contributed by atoms with Crippen molar-refractivity contribution in [2.24, 2.45) is 0 Å². The second-order valence-electron chi connectivity index (χ2n) is 5.95. The van der Waals surface area contributed by atoms with Gasteiger partial charge in [0.2, 0.25) is 0 Å². The van der Waals surface area contributed by atoms with Crippen LogP contribution in [0, 0.1) is 0 Å². The highest BCUT2D eigenvalue weighted by Gasteiger charge is 2.30. The summed E-state index contributed by atoms with van der Waals surface area (Å²) >= 11 is 0. The standard InChI is InChI=1S/C19H17F3N2/c1-12(2)23-18-11-17(24-16-6-4-3-5-15(16)18)13-7-9-14(10-8-13)19(20,21)22/h3-12H,1-2H3,(H,23,24). The molecule has 0 aliphatic rings. The van der Waals surface area contributed by atoms with Crippen LogP contribution >= 0.6 is 0 Å². The van der Waals surface area contributed by atoms with Crippen LogP contribution in [0.25, 0.3) is 22.2 Å². The lowest BCUT2D eigenvalue weighted by molar-refractivity contribution is -0.137. The zero-order valence-corrected chi connectivity index (χ0v) is 13.4. The van der Waals surface area contributed by atoms with Crippen LogP contribution in [0.4, 0.5) is 18.9 Å². The van der Waals surface area contributed by atoms with E-state index in [1.807, 2.05) is 44.2 Å².